The topological polar surface area (TPSA) is 94.6 Å². The summed E-state index contributed by atoms with van der Waals surface area (Å²) in [6, 6.07) is 3.15. The zero-order valence-corrected chi connectivity index (χ0v) is 14.5. The van der Waals surface area contributed by atoms with Gasteiger partial charge in [-0.05, 0) is 30.5 Å². The van der Waals surface area contributed by atoms with E-state index in [9.17, 15) is 14.4 Å². The Kier molecular flexibility index (Phi) is 4.80. The number of pyridine rings is 1. The third kappa shape index (κ3) is 3.12. The molecule has 1 unspecified atom stereocenters. The van der Waals surface area contributed by atoms with Crippen molar-refractivity contribution in [3.63, 3.8) is 0 Å². The number of nitrogens with one attached hydrogen (secondary N) is 1. The van der Waals surface area contributed by atoms with Crippen molar-refractivity contribution in [2.24, 2.45) is 0 Å². The van der Waals surface area contributed by atoms with E-state index in [2.05, 4.69) is 10.3 Å². The molecule has 2 aromatic heterocycles. The number of ether oxygens (including phenoxy) is 2. The summed E-state index contributed by atoms with van der Waals surface area (Å²) >= 11 is 1.29. The second-order valence-corrected chi connectivity index (χ2v) is 6.54. The molecule has 25 heavy (non-hydrogen) atoms. The predicted octanol–water partition coefficient (Wildman–Crippen LogP) is 2.38. The number of fused-ring (bicyclic) bond motifs is 1. The van der Waals surface area contributed by atoms with E-state index in [0.717, 1.165) is 4.88 Å². The summed E-state index contributed by atoms with van der Waals surface area (Å²) in [5, 5.41) is 3.13. The first-order chi connectivity index (χ1) is 12.1. The van der Waals surface area contributed by atoms with Crippen LogP contribution in [0.15, 0.2) is 24.5 Å². The Bertz CT molecular complexity index is 831. The van der Waals surface area contributed by atoms with E-state index in [1.807, 2.05) is 0 Å². The zero-order valence-electron chi connectivity index (χ0n) is 13.7. The highest BCUT2D eigenvalue weighted by Crippen LogP contribution is 2.45. The standard InChI is InChI=1S/C17H16N2O5S/c1-23-16(21)10-3-4-11-12(10)13(17(22)24-2)15(25-11)19-14(20)9-5-7-18-8-6-9/h5-8,10H,3-4H2,1-2H3,(H,19,20). The minimum absolute atomic E-state index is 0.234. The molecule has 2 aromatic rings. The van der Waals surface area contributed by atoms with Gasteiger partial charge in [-0.15, -0.1) is 11.3 Å². The summed E-state index contributed by atoms with van der Waals surface area (Å²) in [6.07, 6.45) is 4.25. The molecule has 0 aliphatic heterocycles. The van der Waals surface area contributed by atoms with Crippen molar-refractivity contribution < 1.29 is 23.9 Å². The molecule has 1 aliphatic rings. The number of thiophene rings is 1. The zero-order chi connectivity index (χ0) is 18.0. The molecule has 130 valence electrons. The van der Waals surface area contributed by atoms with Crippen LogP contribution in [0.4, 0.5) is 5.00 Å². The molecule has 2 heterocycles. The number of carbonyl (C=O) groups is 3. The first-order valence-electron chi connectivity index (χ1n) is 7.59. The highest BCUT2D eigenvalue weighted by Gasteiger charge is 2.38. The minimum atomic E-state index is -0.585. The quantitative estimate of drug-likeness (QED) is 0.841. The van der Waals surface area contributed by atoms with Crippen molar-refractivity contribution in [3.05, 3.63) is 46.1 Å². The summed E-state index contributed by atoms with van der Waals surface area (Å²) in [5.74, 6) is -1.86. The van der Waals surface area contributed by atoms with Gasteiger partial charge in [0.15, 0.2) is 0 Å². The lowest BCUT2D eigenvalue weighted by Gasteiger charge is -2.11. The van der Waals surface area contributed by atoms with Crippen molar-refractivity contribution in [3.8, 4) is 0 Å². The van der Waals surface area contributed by atoms with Gasteiger partial charge in [0.2, 0.25) is 0 Å². The maximum absolute atomic E-state index is 12.4. The number of aryl methyl sites for hydroxylation is 1. The number of carbonyl (C=O) groups excluding carboxylic acids is 3. The number of esters is 2. The smallest absolute Gasteiger partial charge is 0.341 e. The first kappa shape index (κ1) is 17.1. The Morgan fingerprint density at radius 1 is 1.20 bits per heavy atom. The van der Waals surface area contributed by atoms with Crippen LogP contribution in [0.2, 0.25) is 0 Å². The van der Waals surface area contributed by atoms with Gasteiger partial charge in [0.1, 0.15) is 5.00 Å². The number of aromatic nitrogens is 1. The molecular formula is C17H16N2O5S. The molecule has 1 amide bonds. The minimum Gasteiger partial charge on any atom is -0.469 e. The van der Waals surface area contributed by atoms with Crippen LogP contribution in [-0.4, -0.2) is 37.0 Å². The van der Waals surface area contributed by atoms with Gasteiger partial charge in [-0.3, -0.25) is 14.6 Å². The molecule has 0 aromatic carbocycles. The Morgan fingerprint density at radius 2 is 1.92 bits per heavy atom. The fraction of sp³-hybridized carbons (Fsp3) is 0.294. The monoisotopic (exact) mass is 360 g/mol. The maximum Gasteiger partial charge on any atom is 0.341 e. The van der Waals surface area contributed by atoms with E-state index >= 15 is 0 Å². The predicted molar refractivity (Wildman–Crippen MR) is 90.9 cm³/mol. The average Bonchev–Trinajstić information content (AvgIpc) is 3.19. The largest absolute Gasteiger partial charge is 0.469 e. The lowest BCUT2D eigenvalue weighted by atomic mass is 9.99. The molecule has 7 nitrogen and oxygen atoms in total. The van der Waals surface area contributed by atoms with Crippen LogP contribution >= 0.6 is 11.3 Å². The third-order valence-corrected chi connectivity index (χ3v) is 5.26. The lowest BCUT2D eigenvalue weighted by Crippen LogP contribution is -2.17. The number of hydrogen-bond donors (Lipinski definition) is 1. The van der Waals surface area contributed by atoms with Crippen molar-refractivity contribution in [2.75, 3.05) is 19.5 Å². The van der Waals surface area contributed by atoms with E-state index in [4.69, 9.17) is 9.47 Å². The normalized spacial score (nSPS) is 15.4. The number of amides is 1. The lowest BCUT2D eigenvalue weighted by molar-refractivity contribution is -0.142. The molecule has 0 saturated carbocycles. The summed E-state index contributed by atoms with van der Waals surface area (Å²) in [4.78, 5) is 41.5. The van der Waals surface area contributed by atoms with Crippen molar-refractivity contribution in [1.29, 1.82) is 0 Å². The summed E-state index contributed by atoms with van der Waals surface area (Å²) in [6.45, 7) is 0. The summed E-state index contributed by atoms with van der Waals surface area (Å²) < 4.78 is 9.70. The van der Waals surface area contributed by atoms with Gasteiger partial charge in [-0.25, -0.2) is 4.79 Å². The molecule has 1 atom stereocenters. The number of methoxy groups -OCH3 is 2. The van der Waals surface area contributed by atoms with Crippen LogP contribution in [0, 0.1) is 0 Å². The van der Waals surface area contributed by atoms with Gasteiger partial charge in [0.25, 0.3) is 5.91 Å². The van der Waals surface area contributed by atoms with Crippen LogP contribution in [0.3, 0.4) is 0 Å². The fourth-order valence-corrected chi connectivity index (χ4v) is 4.17. The van der Waals surface area contributed by atoms with Gasteiger partial charge in [-0.2, -0.15) is 0 Å². The number of hydrogen-bond acceptors (Lipinski definition) is 7. The highest BCUT2D eigenvalue weighted by atomic mass is 32.1. The molecule has 1 N–H and O–H groups in total. The fourth-order valence-electron chi connectivity index (χ4n) is 2.91. The summed E-state index contributed by atoms with van der Waals surface area (Å²) in [5.41, 5.74) is 1.26. The van der Waals surface area contributed by atoms with E-state index in [1.54, 1.807) is 12.1 Å². The van der Waals surface area contributed by atoms with Crippen molar-refractivity contribution in [1.82, 2.24) is 4.98 Å². The molecule has 1 aliphatic carbocycles. The van der Waals surface area contributed by atoms with Crippen LogP contribution in [0.5, 0.6) is 0 Å². The van der Waals surface area contributed by atoms with Crippen LogP contribution < -0.4 is 5.32 Å². The Labute approximate surface area is 148 Å². The van der Waals surface area contributed by atoms with Crippen molar-refractivity contribution in [2.45, 2.75) is 18.8 Å². The van der Waals surface area contributed by atoms with Crippen molar-refractivity contribution >= 4 is 34.2 Å². The van der Waals surface area contributed by atoms with E-state index in [1.165, 1.54) is 38.0 Å². The number of rotatable bonds is 4. The highest BCUT2D eigenvalue weighted by molar-refractivity contribution is 7.17. The van der Waals surface area contributed by atoms with Gasteiger partial charge in [0.05, 0.1) is 25.7 Å². The first-order valence-corrected chi connectivity index (χ1v) is 8.41. The Morgan fingerprint density at radius 3 is 2.56 bits per heavy atom. The number of nitrogens with zero attached hydrogens (tertiary/aromatic N) is 1. The van der Waals surface area contributed by atoms with Gasteiger partial charge >= 0.3 is 11.9 Å². The molecule has 0 radical (unpaired) electrons. The Hall–Kier alpha value is -2.74. The molecule has 8 heteroatoms. The second kappa shape index (κ2) is 7.02. The molecule has 3 rings (SSSR count). The molecule has 0 saturated heterocycles. The van der Waals surface area contributed by atoms with E-state index < -0.39 is 17.9 Å². The van der Waals surface area contributed by atoms with Gasteiger partial charge in [0, 0.05) is 22.8 Å². The second-order valence-electron chi connectivity index (χ2n) is 5.44. The van der Waals surface area contributed by atoms with E-state index in [0.29, 0.717) is 29.0 Å². The molecular weight excluding hydrogens is 344 g/mol. The molecule has 0 fully saturated rings. The van der Waals surface area contributed by atoms with Crippen LogP contribution in [0.25, 0.3) is 0 Å². The third-order valence-electron chi connectivity index (χ3n) is 4.08. The summed E-state index contributed by atoms with van der Waals surface area (Å²) in [7, 11) is 2.58. The molecule has 0 spiro atoms. The SMILES string of the molecule is COC(=O)c1c(NC(=O)c2ccncc2)sc2c1C(C(=O)OC)CC2. The Balaban J connectivity index is 1.99. The van der Waals surface area contributed by atoms with Crippen LogP contribution in [0.1, 0.15) is 43.5 Å². The maximum atomic E-state index is 12.4. The van der Waals surface area contributed by atoms with Gasteiger partial charge in [-0.1, -0.05) is 0 Å². The van der Waals surface area contributed by atoms with Crippen LogP contribution in [-0.2, 0) is 20.7 Å². The molecule has 0 bridgehead atoms. The van der Waals surface area contributed by atoms with Gasteiger partial charge < -0.3 is 14.8 Å². The average molecular weight is 360 g/mol. The van der Waals surface area contributed by atoms with E-state index in [-0.39, 0.29) is 11.5 Å². The number of anilines is 1.